The van der Waals surface area contributed by atoms with Gasteiger partial charge in [-0.1, -0.05) is 0 Å². The Balaban J connectivity index is 1.78. The van der Waals surface area contributed by atoms with Crippen LogP contribution in [0.4, 0.5) is 5.13 Å². The zero-order valence-electron chi connectivity index (χ0n) is 10.6. The Bertz CT molecular complexity index is 491. The number of aromatic nitrogens is 3. The van der Waals surface area contributed by atoms with Crippen LogP contribution in [0.3, 0.4) is 0 Å². The average molecular weight is 262 g/mol. The van der Waals surface area contributed by atoms with E-state index in [9.17, 15) is 0 Å². The second kappa shape index (κ2) is 5.10. The number of hydrogen-bond acceptors (Lipinski definition) is 4. The van der Waals surface area contributed by atoms with Crippen molar-refractivity contribution >= 4 is 16.5 Å². The standard InChI is InChI=1S/C13H18N4S/c1-2-16-8-5-14-12(16)11-4-3-7-17(10-11)13-15-6-9-18-13/h5-6,8-9,11H,2-4,7,10H2,1H3. The third-order valence-electron chi connectivity index (χ3n) is 3.56. The van der Waals surface area contributed by atoms with E-state index in [1.807, 2.05) is 17.8 Å². The third kappa shape index (κ3) is 2.14. The van der Waals surface area contributed by atoms with Crippen molar-refractivity contribution in [2.45, 2.75) is 32.2 Å². The first kappa shape index (κ1) is 11.7. The smallest absolute Gasteiger partial charge is 0.185 e. The zero-order chi connectivity index (χ0) is 12.4. The van der Waals surface area contributed by atoms with Gasteiger partial charge in [0.1, 0.15) is 5.82 Å². The van der Waals surface area contributed by atoms with Gasteiger partial charge in [-0.3, -0.25) is 0 Å². The van der Waals surface area contributed by atoms with Crippen LogP contribution in [0.1, 0.15) is 31.5 Å². The summed E-state index contributed by atoms with van der Waals surface area (Å²) in [5.41, 5.74) is 0. The van der Waals surface area contributed by atoms with E-state index in [-0.39, 0.29) is 0 Å². The zero-order valence-corrected chi connectivity index (χ0v) is 11.4. The molecule has 0 bridgehead atoms. The fraction of sp³-hybridized carbons (Fsp3) is 0.538. The van der Waals surface area contributed by atoms with Gasteiger partial charge in [0.15, 0.2) is 5.13 Å². The number of nitrogens with zero attached hydrogens (tertiary/aromatic N) is 4. The molecule has 1 fully saturated rings. The molecule has 2 aromatic heterocycles. The Morgan fingerprint density at radius 3 is 3.11 bits per heavy atom. The predicted molar refractivity (Wildman–Crippen MR) is 74.2 cm³/mol. The van der Waals surface area contributed by atoms with Gasteiger partial charge in [0.25, 0.3) is 0 Å². The molecule has 3 heterocycles. The summed E-state index contributed by atoms with van der Waals surface area (Å²) in [5.74, 6) is 1.77. The average Bonchev–Trinajstić information content (AvgIpc) is 3.10. The molecule has 4 nitrogen and oxygen atoms in total. The molecule has 1 unspecified atom stereocenters. The molecule has 0 spiro atoms. The van der Waals surface area contributed by atoms with Gasteiger partial charge in [-0.15, -0.1) is 11.3 Å². The van der Waals surface area contributed by atoms with E-state index in [1.165, 1.54) is 18.7 Å². The van der Waals surface area contributed by atoms with Crippen molar-refractivity contribution in [3.8, 4) is 0 Å². The number of imidazole rings is 1. The second-order valence-corrected chi connectivity index (χ2v) is 5.54. The van der Waals surface area contributed by atoms with Crippen LogP contribution in [-0.4, -0.2) is 27.6 Å². The molecule has 3 rings (SSSR count). The maximum Gasteiger partial charge on any atom is 0.185 e. The van der Waals surface area contributed by atoms with Gasteiger partial charge < -0.3 is 9.47 Å². The van der Waals surface area contributed by atoms with Crippen molar-refractivity contribution in [1.29, 1.82) is 0 Å². The second-order valence-electron chi connectivity index (χ2n) is 4.67. The number of piperidine rings is 1. The summed E-state index contributed by atoms with van der Waals surface area (Å²) in [7, 11) is 0. The summed E-state index contributed by atoms with van der Waals surface area (Å²) in [5, 5.41) is 3.20. The van der Waals surface area contributed by atoms with Crippen molar-refractivity contribution < 1.29 is 0 Å². The molecule has 0 aromatic carbocycles. The minimum atomic E-state index is 0.539. The number of rotatable bonds is 3. The largest absolute Gasteiger partial charge is 0.347 e. The first-order valence-corrected chi connectivity index (χ1v) is 7.42. The lowest BCUT2D eigenvalue weighted by atomic mass is 9.97. The Morgan fingerprint density at radius 1 is 1.39 bits per heavy atom. The molecular formula is C13H18N4S. The van der Waals surface area contributed by atoms with E-state index in [1.54, 1.807) is 11.3 Å². The van der Waals surface area contributed by atoms with Crippen LogP contribution >= 0.6 is 11.3 Å². The first-order valence-electron chi connectivity index (χ1n) is 6.54. The third-order valence-corrected chi connectivity index (χ3v) is 4.40. The SMILES string of the molecule is CCn1ccnc1C1CCCN(c2nccs2)C1. The summed E-state index contributed by atoms with van der Waals surface area (Å²) in [6.45, 7) is 5.34. The molecule has 1 aliphatic rings. The van der Waals surface area contributed by atoms with Gasteiger partial charge in [0.05, 0.1) is 0 Å². The van der Waals surface area contributed by atoms with E-state index < -0.39 is 0 Å². The maximum absolute atomic E-state index is 4.55. The summed E-state index contributed by atoms with van der Waals surface area (Å²) in [6.07, 6.45) is 8.34. The van der Waals surface area contributed by atoms with Crippen LogP contribution in [0.15, 0.2) is 24.0 Å². The van der Waals surface area contributed by atoms with Crippen molar-refractivity contribution in [2.75, 3.05) is 18.0 Å². The predicted octanol–water partition coefficient (Wildman–Crippen LogP) is 2.74. The van der Waals surface area contributed by atoms with Crippen LogP contribution in [0.25, 0.3) is 0 Å². The Kier molecular flexibility index (Phi) is 3.32. The number of aryl methyl sites for hydroxylation is 1. The van der Waals surface area contributed by atoms with Crippen LogP contribution in [0.2, 0.25) is 0 Å². The summed E-state index contributed by atoms with van der Waals surface area (Å²) < 4.78 is 2.26. The Hall–Kier alpha value is -1.36. The van der Waals surface area contributed by atoms with E-state index in [2.05, 4.69) is 32.6 Å². The molecule has 0 aliphatic carbocycles. The highest BCUT2D eigenvalue weighted by Gasteiger charge is 2.25. The topological polar surface area (TPSA) is 34.0 Å². The monoisotopic (exact) mass is 262 g/mol. The van der Waals surface area contributed by atoms with Gasteiger partial charge in [0, 0.05) is 49.5 Å². The lowest BCUT2D eigenvalue weighted by molar-refractivity contribution is 0.474. The summed E-state index contributed by atoms with van der Waals surface area (Å²) in [4.78, 5) is 11.4. The summed E-state index contributed by atoms with van der Waals surface area (Å²) in [6, 6.07) is 0. The van der Waals surface area contributed by atoms with Gasteiger partial charge in [0.2, 0.25) is 0 Å². The van der Waals surface area contributed by atoms with E-state index in [0.717, 1.165) is 24.8 Å². The van der Waals surface area contributed by atoms with Crippen molar-refractivity contribution in [2.24, 2.45) is 0 Å². The molecule has 2 aromatic rings. The molecule has 1 atom stereocenters. The highest BCUT2D eigenvalue weighted by Crippen LogP contribution is 2.29. The molecule has 0 N–H and O–H groups in total. The van der Waals surface area contributed by atoms with Crippen molar-refractivity contribution in [3.63, 3.8) is 0 Å². The normalized spacial score (nSPS) is 20.3. The molecule has 1 saturated heterocycles. The highest BCUT2D eigenvalue weighted by atomic mass is 32.1. The molecular weight excluding hydrogens is 244 g/mol. The molecule has 0 saturated carbocycles. The van der Waals surface area contributed by atoms with Gasteiger partial charge in [-0.2, -0.15) is 0 Å². The molecule has 0 amide bonds. The molecule has 5 heteroatoms. The molecule has 18 heavy (non-hydrogen) atoms. The minimum absolute atomic E-state index is 0.539. The molecule has 1 aliphatic heterocycles. The number of hydrogen-bond donors (Lipinski definition) is 0. The number of thiazole rings is 1. The minimum Gasteiger partial charge on any atom is -0.347 e. The van der Waals surface area contributed by atoms with E-state index in [4.69, 9.17) is 0 Å². The first-order chi connectivity index (χ1) is 8.88. The van der Waals surface area contributed by atoms with Crippen LogP contribution in [0, 0.1) is 0 Å². The van der Waals surface area contributed by atoms with Crippen LogP contribution in [0.5, 0.6) is 0 Å². The van der Waals surface area contributed by atoms with Crippen molar-refractivity contribution in [3.05, 3.63) is 29.8 Å². The lowest BCUT2D eigenvalue weighted by Gasteiger charge is -2.32. The summed E-state index contributed by atoms with van der Waals surface area (Å²) >= 11 is 1.73. The number of anilines is 1. The Morgan fingerprint density at radius 2 is 2.33 bits per heavy atom. The van der Waals surface area contributed by atoms with Gasteiger partial charge in [-0.05, 0) is 19.8 Å². The lowest BCUT2D eigenvalue weighted by Crippen LogP contribution is -2.35. The van der Waals surface area contributed by atoms with Gasteiger partial charge >= 0.3 is 0 Å². The fourth-order valence-electron chi connectivity index (χ4n) is 2.68. The maximum atomic E-state index is 4.55. The van der Waals surface area contributed by atoms with Crippen LogP contribution in [-0.2, 0) is 6.54 Å². The molecule has 96 valence electrons. The fourth-order valence-corrected chi connectivity index (χ4v) is 3.36. The molecule has 0 radical (unpaired) electrons. The highest BCUT2D eigenvalue weighted by molar-refractivity contribution is 7.13. The van der Waals surface area contributed by atoms with Crippen LogP contribution < -0.4 is 4.90 Å². The Labute approximate surface area is 111 Å². The van der Waals surface area contributed by atoms with Gasteiger partial charge in [-0.25, -0.2) is 9.97 Å². The van der Waals surface area contributed by atoms with Crippen molar-refractivity contribution in [1.82, 2.24) is 14.5 Å². The van der Waals surface area contributed by atoms with E-state index >= 15 is 0 Å². The van der Waals surface area contributed by atoms with E-state index in [0.29, 0.717) is 5.92 Å². The quantitative estimate of drug-likeness (QED) is 0.853.